The Balaban J connectivity index is 2.26. The normalized spacial score (nSPS) is 20.4. The second kappa shape index (κ2) is 5.93. The van der Waals surface area contributed by atoms with Gasteiger partial charge in [-0.2, -0.15) is 0 Å². The van der Waals surface area contributed by atoms with Gasteiger partial charge in [-0.05, 0) is 0 Å². The number of carbonyl (C=O) groups is 1. The fourth-order valence-electron chi connectivity index (χ4n) is 2.88. The van der Waals surface area contributed by atoms with E-state index in [2.05, 4.69) is 55.8 Å². The van der Waals surface area contributed by atoms with Gasteiger partial charge in [0.25, 0.3) is 0 Å². The molecule has 0 unspecified atom stereocenters. The van der Waals surface area contributed by atoms with Gasteiger partial charge in [0.15, 0.2) is 0 Å². The zero-order valence-electron chi connectivity index (χ0n) is 12.6. The summed E-state index contributed by atoms with van der Waals surface area (Å²) in [6.07, 6.45) is 6.36. The van der Waals surface area contributed by atoms with Gasteiger partial charge in [0.1, 0.15) is 0 Å². The van der Waals surface area contributed by atoms with E-state index in [0.29, 0.717) is 0 Å². The van der Waals surface area contributed by atoms with Crippen LogP contribution in [0.4, 0.5) is 0 Å². The molecule has 0 aromatic heterocycles. The van der Waals surface area contributed by atoms with E-state index in [1.165, 1.54) is 17.5 Å². The van der Waals surface area contributed by atoms with Crippen molar-refractivity contribution in [2.45, 2.75) is 20.0 Å². The van der Waals surface area contributed by atoms with E-state index in [4.69, 9.17) is 4.74 Å². The van der Waals surface area contributed by atoms with E-state index in [1.807, 2.05) is 13.0 Å². The maximum absolute atomic E-state index is 11.2. The third-order valence-corrected chi connectivity index (χ3v) is 7.75. The summed E-state index contributed by atoms with van der Waals surface area (Å²) in [4.78, 5) is 11.2. The molecule has 0 spiro atoms. The predicted molar refractivity (Wildman–Crippen MR) is 88.2 cm³/mol. The predicted octanol–water partition coefficient (Wildman–Crippen LogP) is 3.34. The molecule has 2 nitrogen and oxygen atoms in total. The Morgan fingerprint density at radius 1 is 1.25 bits per heavy atom. The van der Waals surface area contributed by atoms with Crippen LogP contribution in [0.1, 0.15) is 13.8 Å². The average Bonchev–Trinajstić information content (AvgIpc) is 2.89. The van der Waals surface area contributed by atoms with Crippen molar-refractivity contribution >= 4 is 18.5 Å². The van der Waals surface area contributed by atoms with E-state index in [0.717, 1.165) is 0 Å². The zero-order chi connectivity index (χ0) is 14.8. The summed E-state index contributed by atoms with van der Waals surface area (Å²) in [7, 11) is -1.72. The topological polar surface area (TPSA) is 26.3 Å². The summed E-state index contributed by atoms with van der Waals surface area (Å²) >= 11 is 0. The van der Waals surface area contributed by atoms with Crippen LogP contribution >= 0.6 is 7.26 Å². The zero-order valence-corrected chi connectivity index (χ0v) is 13.6. The van der Waals surface area contributed by atoms with Gasteiger partial charge in [0.2, 0.25) is 0 Å². The van der Waals surface area contributed by atoms with Crippen LogP contribution in [-0.2, 0) is 9.53 Å². The number of rotatable bonds is 4. The third-order valence-electron chi connectivity index (χ3n) is 4.03. The molecule has 108 valence electrons. The molecule has 20 heavy (non-hydrogen) atoms. The number of benzene rings is 1. The van der Waals surface area contributed by atoms with Crippen LogP contribution in [0, 0.1) is 5.92 Å². The minimum atomic E-state index is -1.72. The molecular formula is C17H23O2P. The molecule has 0 heterocycles. The van der Waals surface area contributed by atoms with E-state index >= 15 is 0 Å². The van der Waals surface area contributed by atoms with E-state index in [9.17, 15) is 4.79 Å². The van der Waals surface area contributed by atoms with Crippen molar-refractivity contribution in [2.24, 2.45) is 5.92 Å². The molecule has 0 radical (unpaired) electrons. The first-order valence-electron chi connectivity index (χ1n) is 7.04. The quantitative estimate of drug-likeness (QED) is 0.628. The molecule has 1 aromatic carbocycles. The number of ether oxygens (including phenoxy) is 1. The fourth-order valence-corrected chi connectivity index (χ4v) is 5.92. The molecule has 2 atom stereocenters. The summed E-state index contributed by atoms with van der Waals surface area (Å²) in [6, 6.07) is 10.7. The summed E-state index contributed by atoms with van der Waals surface area (Å²) in [5.74, 6) is -0.00268. The van der Waals surface area contributed by atoms with Crippen LogP contribution in [0.2, 0.25) is 0 Å². The molecule has 1 aliphatic rings. The first-order valence-corrected chi connectivity index (χ1v) is 10.0. The average molecular weight is 290 g/mol. The molecule has 1 aromatic rings. The van der Waals surface area contributed by atoms with Crippen LogP contribution in [-0.4, -0.2) is 25.4 Å². The summed E-state index contributed by atoms with van der Waals surface area (Å²) in [5.41, 5.74) is 0. The van der Waals surface area contributed by atoms with Gasteiger partial charge in [0, 0.05) is 0 Å². The molecule has 0 saturated carbocycles. The van der Waals surface area contributed by atoms with Crippen LogP contribution in [0.3, 0.4) is 0 Å². The Labute approximate surface area is 121 Å². The molecule has 0 N–H and O–H groups in total. The molecule has 0 saturated heterocycles. The fraction of sp³-hybridized carbons (Fsp3) is 0.353. The van der Waals surface area contributed by atoms with Gasteiger partial charge in [-0.15, -0.1) is 0 Å². The van der Waals surface area contributed by atoms with Gasteiger partial charge in [0.05, 0.1) is 0 Å². The number of esters is 1. The first kappa shape index (κ1) is 15.0. The maximum atomic E-state index is 11.2. The first-order chi connectivity index (χ1) is 9.43. The molecule has 0 amide bonds. The van der Waals surface area contributed by atoms with Gasteiger partial charge >= 0.3 is 121 Å². The Morgan fingerprint density at radius 2 is 1.90 bits per heavy atom. The number of carbonyl (C=O) groups excluding carboxylic acids is 1. The van der Waals surface area contributed by atoms with Crippen molar-refractivity contribution < 1.29 is 9.53 Å². The minimum absolute atomic E-state index is 0.104. The van der Waals surface area contributed by atoms with Crippen molar-refractivity contribution in [3.63, 3.8) is 0 Å². The molecule has 2 rings (SSSR count). The van der Waals surface area contributed by atoms with Crippen molar-refractivity contribution in [3.8, 4) is 0 Å². The molecule has 1 aliphatic carbocycles. The van der Waals surface area contributed by atoms with Crippen LogP contribution < -0.4 is 5.30 Å². The monoisotopic (exact) mass is 290 g/mol. The number of hydrogen-bond acceptors (Lipinski definition) is 2. The van der Waals surface area contributed by atoms with E-state index in [1.54, 1.807) is 0 Å². The Kier molecular flexibility index (Phi) is 4.45. The molecule has 0 fully saturated rings. The van der Waals surface area contributed by atoms with Gasteiger partial charge in [-0.1, -0.05) is 0 Å². The molecule has 0 aliphatic heterocycles. The summed E-state index contributed by atoms with van der Waals surface area (Å²) in [5, 5.41) is 2.84. The van der Waals surface area contributed by atoms with E-state index in [-0.39, 0.29) is 18.0 Å². The standard InChI is InChI=1S/C17H23O2P/c1-13(19-14(2)18)16-11-8-12-17(16)20(3,4)15-9-6-5-7-10-15/h5-13,16,20H,1-4H3/t13-,16+/m1/s1. The SMILES string of the molecule is CC(=O)O[C@H](C)[C@@H]1C=CC=C1[PH](C)(C)c1ccccc1. The van der Waals surface area contributed by atoms with Crippen LogP contribution in [0.5, 0.6) is 0 Å². The summed E-state index contributed by atoms with van der Waals surface area (Å²) < 4.78 is 5.39. The van der Waals surface area contributed by atoms with Crippen molar-refractivity contribution in [2.75, 3.05) is 13.3 Å². The second-order valence-corrected chi connectivity index (χ2v) is 10.2. The molecule has 3 heteroatoms. The van der Waals surface area contributed by atoms with Crippen molar-refractivity contribution in [1.82, 2.24) is 0 Å². The summed E-state index contributed by atoms with van der Waals surface area (Å²) in [6.45, 7) is 8.16. The molecule has 0 bridgehead atoms. The number of allylic oxidation sites excluding steroid dienone is 2. The second-order valence-electron chi connectivity index (χ2n) is 5.84. The van der Waals surface area contributed by atoms with Gasteiger partial charge < -0.3 is 0 Å². The van der Waals surface area contributed by atoms with Crippen LogP contribution in [0.15, 0.2) is 53.9 Å². The number of hydrogen-bond donors (Lipinski definition) is 0. The van der Waals surface area contributed by atoms with E-state index < -0.39 is 7.26 Å². The third kappa shape index (κ3) is 3.02. The Morgan fingerprint density at radius 3 is 2.50 bits per heavy atom. The van der Waals surface area contributed by atoms with Crippen molar-refractivity contribution in [1.29, 1.82) is 0 Å². The van der Waals surface area contributed by atoms with Gasteiger partial charge in [-0.25, -0.2) is 0 Å². The van der Waals surface area contributed by atoms with Crippen LogP contribution in [0.25, 0.3) is 0 Å². The van der Waals surface area contributed by atoms with Gasteiger partial charge in [-0.3, -0.25) is 0 Å². The molecular weight excluding hydrogens is 267 g/mol. The Hall–Kier alpha value is -1.40. The Bertz CT molecular complexity index is 543. The van der Waals surface area contributed by atoms with Crippen molar-refractivity contribution in [3.05, 3.63) is 53.9 Å².